The quantitative estimate of drug-likeness (QED) is 0.896. The van der Waals surface area contributed by atoms with Gasteiger partial charge in [0, 0.05) is 17.1 Å². The Balaban J connectivity index is 2.38. The summed E-state index contributed by atoms with van der Waals surface area (Å²) in [6.07, 6.45) is 5.83. The Morgan fingerprint density at radius 1 is 1.47 bits per heavy atom. The highest BCUT2D eigenvalue weighted by Gasteiger charge is 2.26. The summed E-state index contributed by atoms with van der Waals surface area (Å²) in [5, 5.41) is 9.44. The van der Waals surface area contributed by atoms with E-state index in [-0.39, 0.29) is 0 Å². The Kier molecular flexibility index (Phi) is 4.86. The SMILES string of the molecule is CCCC1CCCCN1c1cccc(Br)c1C(=O)O. The van der Waals surface area contributed by atoms with Gasteiger partial charge in [0.05, 0.1) is 11.3 Å². The van der Waals surface area contributed by atoms with E-state index in [0.717, 1.165) is 31.5 Å². The van der Waals surface area contributed by atoms with Crippen molar-refractivity contribution >= 4 is 27.6 Å². The van der Waals surface area contributed by atoms with Gasteiger partial charge in [-0.15, -0.1) is 0 Å². The highest BCUT2D eigenvalue weighted by molar-refractivity contribution is 9.10. The standard InChI is InChI=1S/C15H20BrNO2/c1-2-6-11-7-3-4-10-17(11)13-9-5-8-12(16)14(13)15(18)19/h5,8-9,11H,2-4,6-7,10H2,1H3,(H,18,19). The van der Waals surface area contributed by atoms with E-state index in [2.05, 4.69) is 27.8 Å². The molecule has 4 heteroatoms. The van der Waals surface area contributed by atoms with Crippen LogP contribution in [0, 0.1) is 0 Å². The van der Waals surface area contributed by atoms with E-state index in [4.69, 9.17) is 0 Å². The van der Waals surface area contributed by atoms with Crippen molar-refractivity contribution in [1.29, 1.82) is 0 Å². The summed E-state index contributed by atoms with van der Waals surface area (Å²) in [6.45, 7) is 3.15. The Morgan fingerprint density at radius 3 is 2.95 bits per heavy atom. The first kappa shape index (κ1) is 14.4. The molecule has 0 bridgehead atoms. The van der Waals surface area contributed by atoms with Crippen LogP contribution in [0.15, 0.2) is 22.7 Å². The minimum Gasteiger partial charge on any atom is -0.478 e. The van der Waals surface area contributed by atoms with E-state index in [1.54, 1.807) is 6.07 Å². The van der Waals surface area contributed by atoms with Gasteiger partial charge < -0.3 is 10.0 Å². The fourth-order valence-electron chi connectivity index (χ4n) is 2.91. The predicted octanol–water partition coefficient (Wildman–Crippen LogP) is 4.31. The number of hydrogen-bond acceptors (Lipinski definition) is 2. The molecule has 1 N–H and O–H groups in total. The third kappa shape index (κ3) is 3.11. The fraction of sp³-hybridized carbons (Fsp3) is 0.533. The number of anilines is 1. The smallest absolute Gasteiger partial charge is 0.338 e. The van der Waals surface area contributed by atoms with Crippen molar-refractivity contribution < 1.29 is 9.90 Å². The van der Waals surface area contributed by atoms with Crippen molar-refractivity contribution in [2.45, 2.75) is 45.1 Å². The minimum absolute atomic E-state index is 0.394. The van der Waals surface area contributed by atoms with Crippen LogP contribution in [0.25, 0.3) is 0 Å². The molecule has 3 nitrogen and oxygen atoms in total. The number of carboxylic acid groups (broad SMARTS) is 1. The highest BCUT2D eigenvalue weighted by atomic mass is 79.9. The molecule has 1 heterocycles. The summed E-state index contributed by atoms with van der Waals surface area (Å²) in [7, 11) is 0. The zero-order chi connectivity index (χ0) is 13.8. The molecule has 0 spiro atoms. The number of benzene rings is 1. The molecule has 19 heavy (non-hydrogen) atoms. The molecule has 0 saturated carbocycles. The van der Waals surface area contributed by atoms with E-state index in [0.29, 0.717) is 16.1 Å². The van der Waals surface area contributed by atoms with E-state index in [9.17, 15) is 9.90 Å². The van der Waals surface area contributed by atoms with E-state index < -0.39 is 5.97 Å². The molecule has 1 aromatic rings. The first-order chi connectivity index (χ1) is 9.15. The summed E-state index contributed by atoms with van der Waals surface area (Å²) in [4.78, 5) is 13.8. The fourth-order valence-corrected chi connectivity index (χ4v) is 3.44. The molecule has 2 rings (SSSR count). The minimum atomic E-state index is -0.858. The van der Waals surface area contributed by atoms with Gasteiger partial charge >= 0.3 is 5.97 Å². The molecule has 1 fully saturated rings. The molecule has 0 radical (unpaired) electrons. The lowest BCUT2D eigenvalue weighted by atomic mass is 9.96. The maximum atomic E-state index is 11.5. The summed E-state index contributed by atoms with van der Waals surface area (Å²) in [5.41, 5.74) is 1.26. The Labute approximate surface area is 122 Å². The van der Waals surface area contributed by atoms with Crippen molar-refractivity contribution in [3.8, 4) is 0 Å². The summed E-state index contributed by atoms with van der Waals surface area (Å²) in [5.74, 6) is -0.858. The van der Waals surface area contributed by atoms with Crippen LogP contribution in [-0.2, 0) is 0 Å². The van der Waals surface area contributed by atoms with Gasteiger partial charge in [0.25, 0.3) is 0 Å². The summed E-state index contributed by atoms with van der Waals surface area (Å²) in [6, 6.07) is 6.13. The summed E-state index contributed by atoms with van der Waals surface area (Å²) < 4.78 is 0.665. The van der Waals surface area contributed by atoms with Gasteiger partial charge in [-0.3, -0.25) is 0 Å². The van der Waals surface area contributed by atoms with Crippen molar-refractivity contribution in [2.75, 3.05) is 11.4 Å². The van der Waals surface area contributed by atoms with Crippen LogP contribution in [0.4, 0.5) is 5.69 Å². The maximum Gasteiger partial charge on any atom is 0.338 e. The third-order valence-corrected chi connectivity index (χ3v) is 4.42. The van der Waals surface area contributed by atoms with Crippen LogP contribution < -0.4 is 4.90 Å². The number of nitrogens with zero attached hydrogens (tertiary/aromatic N) is 1. The number of aromatic carboxylic acids is 1. The number of carbonyl (C=O) groups is 1. The van der Waals surface area contributed by atoms with Crippen LogP contribution in [0.2, 0.25) is 0 Å². The third-order valence-electron chi connectivity index (χ3n) is 3.76. The topological polar surface area (TPSA) is 40.5 Å². The highest BCUT2D eigenvalue weighted by Crippen LogP contribution is 2.33. The largest absolute Gasteiger partial charge is 0.478 e. The number of piperidine rings is 1. The molecular formula is C15H20BrNO2. The van der Waals surface area contributed by atoms with Crippen LogP contribution in [0.3, 0.4) is 0 Å². The lowest BCUT2D eigenvalue weighted by Crippen LogP contribution is -2.40. The number of carboxylic acids is 1. The van der Waals surface area contributed by atoms with Gasteiger partial charge in [-0.1, -0.05) is 19.4 Å². The van der Waals surface area contributed by atoms with Crippen LogP contribution in [0.1, 0.15) is 49.4 Å². The van der Waals surface area contributed by atoms with Crippen LogP contribution in [-0.4, -0.2) is 23.7 Å². The second-order valence-electron chi connectivity index (χ2n) is 5.07. The molecule has 1 unspecified atom stereocenters. The number of halogens is 1. The second-order valence-corrected chi connectivity index (χ2v) is 5.93. The Hall–Kier alpha value is -1.03. The van der Waals surface area contributed by atoms with E-state index in [1.807, 2.05) is 12.1 Å². The van der Waals surface area contributed by atoms with Gasteiger partial charge in [-0.05, 0) is 53.7 Å². The monoisotopic (exact) mass is 325 g/mol. The van der Waals surface area contributed by atoms with Gasteiger partial charge in [-0.2, -0.15) is 0 Å². The average molecular weight is 326 g/mol. The first-order valence-electron chi connectivity index (χ1n) is 6.93. The van der Waals surface area contributed by atoms with Gasteiger partial charge in [0.15, 0.2) is 0 Å². The van der Waals surface area contributed by atoms with Gasteiger partial charge in [0.1, 0.15) is 0 Å². The molecule has 1 aromatic carbocycles. The Morgan fingerprint density at radius 2 is 2.26 bits per heavy atom. The van der Waals surface area contributed by atoms with Gasteiger partial charge in [-0.25, -0.2) is 4.79 Å². The zero-order valence-electron chi connectivity index (χ0n) is 11.2. The van der Waals surface area contributed by atoms with Crippen LogP contribution in [0.5, 0.6) is 0 Å². The van der Waals surface area contributed by atoms with Crippen molar-refractivity contribution in [2.24, 2.45) is 0 Å². The van der Waals surface area contributed by atoms with E-state index in [1.165, 1.54) is 12.8 Å². The van der Waals surface area contributed by atoms with Crippen molar-refractivity contribution in [1.82, 2.24) is 0 Å². The van der Waals surface area contributed by atoms with E-state index >= 15 is 0 Å². The van der Waals surface area contributed by atoms with Crippen LogP contribution >= 0.6 is 15.9 Å². The van der Waals surface area contributed by atoms with Gasteiger partial charge in [0.2, 0.25) is 0 Å². The number of rotatable bonds is 4. The molecule has 104 valence electrons. The molecule has 0 amide bonds. The lowest BCUT2D eigenvalue weighted by Gasteiger charge is -2.38. The average Bonchev–Trinajstić information content (AvgIpc) is 2.39. The zero-order valence-corrected chi connectivity index (χ0v) is 12.8. The Bertz CT molecular complexity index is 459. The first-order valence-corrected chi connectivity index (χ1v) is 7.73. The molecular weight excluding hydrogens is 306 g/mol. The maximum absolute atomic E-state index is 11.5. The molecule has 1 saturated heterocycles. The van der Waals surface area contributed by atoms with Crippen molar-refractivity contribution in [3.05, 3.63) is 28.2 Å². The van der Waals surface area contributed by atoms with Crippen molar-refractivity contribution in [3.63, 3.8) is 0 Å². The number of hydrogen-bond donors (Lipinski definition) is 1. The lowest BCUT2D eigenvalue weighted by molar-refractivity contribution is 0.0696. The molecule has 1 aliphatic heterocycles. The second kappa shape index (κ2) is 6.42. The molecule has 0 aliphatic carbocycles. The molecule has 1 aliphatic rings. The normalized spacial score (nSPS) is 19.5. The molecule has 0 aromatic heterocycles. The predicted molar refractivity (Wildman–Crippen MR) is 81.0 cm³/mol. The molecule has 1 atom stereocenters. The summed E-state index contributed by atoms with van der Waals surface area (Å²) >= 11 is 3.37.